The van der Waals surface area contributed by atoms with Gasteiger partial charge in [0.25, 0.3) is 0 Å². The van der Waals surface area contributed by atoms with Crippen molar-refractivity contribution in [2.45, 2.75) is 31.5 Å². The first-order valence-corrected chi connectivity index (χ1v) is 10.7. The topological polar surface area (TPSA) is 61.8 Å². The van der Waals surface area contributed by atoms with Gasteiger partial charge in [-0.2, -0.15) is 0 Å². The first-order valence-electron chi connectivity index (χ1n) is 8.27. The molecule has 0 saturated carbocycles. The van der Waals surface area contributed by atoms with Gasteiger partial charge in [-0.05, 0) is 25.3 Å². The highest BCUT2D eigenvalue weighted by molar-refractivity contribution is 7.55. The van der Waals surface area contributed by atoms with E-state index >= 15 is 0 Å². The second kappa shape index (κ2) is 7.42. The van der Waals surface area contributed by atoms with Gasteiger partial charge in [-0.1, -0.05) is 36.4 Å². The van der Waals surface area contributed by atoms with Gasteiger partial charge in [-0.3, -0.25) is 9.36 Å². The SMILES string of the molecule is CCOP(=O)(OCC)C1(c2ccccc2)OC(=O)CC1c1cccs1. The molecule has 25 heavy (non-hydrogen) atoms. The van der Waals surface area contributed by atoms with Crippen molar-refractivity contribution >= 4 is 24.9 Å². The van der Waals surface area contributed by atoms with Crippen LogP contribution in [0.4, 0.5) is 0 Å². The van der Waals surface area contributed by atoms with Crippen molar-refractivity contribution in [2.24, 2.45) is 0 Å². The first-order chi connectivity index (χ1) is 12.1. The maximum absolute atomic E-state index is 13.9. The van der Waals surface area contributed by atoms with Crippen molar-refractivity contribution in [3.8, 4) is 0 Å². The number of hydrogen-bond donors (Lipinski definition) is 0. The van der Waals surface area contributed by atoms with E-state index in [2.05, 4.69) is 0 Å². The fourth-order valence-corrected chi connectivity index (χ4v) is 6.69. The summed E-state index contributed by atoms with van der Waals surface area (Å²) in [4.78, 5) is 13.3. The van der Waals surface area contributed by atoms with Crippen LogP contribution in [-0.4, -0.2) is 19.2 Å². The molecule has 1 aromatic carbocycles. The van der Waals surface area contributed by atoms with Crippen molar-refractivity contribution in [3.05, 3.63) is 58.3 Å². The Kier molecular flexibility index (Phi) is 5.44. The monoisotopic (exact) mass is 380 g/mol. The molecule has 1 aliphatic rings. The summed E-state index contributed by atoms with van der Waals surface area (Å²) in [7, 11) is -3.79. The normalized spacial score (nSPS) is 23.6. The van der Waals surface area contributed by atoms with Crippen LogP contribution in [-0.2, 0) is 28.5 Å². The summed E-state index contributed by atoms with van der Waals surface area (Å²) >= 11 is 1.51. The summed E-state index contributed by atoms with van der Waals surface area (Å²) in [5, 5.41) is 0.461. The van der Waals surface area contributed by atoms with Gasteiger partial charge in [0.2, 0.25) is 5.34 Å². The molecule has 1 aromatic heterocycles. The first kappa shape index (κ1) is 18.3. The summed E-state index contributed by atoms with van der Waals surface area (Å²) < 4.78 is 31.0. The van der Waals surface area contributed by atoms with Gasteiger partial charge in [0.1, 0.15) is 0 Å². The molecule has 2 heterocycles. The van der Waals surface area contributed by atoms with E-state index in [1.54, 1.807) is 13.8 Å². The molecule has 2 aromatic rings. The third-order valence-corrected chi connectivity index (χ3v) is 7.85. The van der Waals surface area contributed by atoms with E-state index in [1.807, 2.05) is 47.8 Å². The van der Waals surface area contributed by atoms with Gasteiger partial charge in [-0.15, -0.1) is 11.3 Å². The molecule has 0 aliphatic carbocycles. The van der Waals surface area contributed by atoms with Crippen molar-refractivity contribution in [1.82, 2.24) is 0 Å². The Morgan fingerprint density at radius 2 is 1.84 bits per heavy atom. The fourth-order valence-electron chi connectivity index (χ4n) is 3.29. The van der Waals surface area contributed by atoms with Crippen LogP contribution in [0.1, 0.15) is 36.6 Å². The summed E-state index contributed by atoms with van der Waals surface area (Å²) in [6, 6.07) is 13.0. The Morgan fingerprint density at radius 3 is 2.40 bits per heavy atom. The molecule has 0 spiro atoms. The van der Waals surface area contributed by atoms with E-state index in [-0.39, 0.29) is 19.6 Å². The van der Waals surface area contributed by atoms with Crippen LogP contribution >= 0.6 is 18.9 Å². The standard InChI is InChI=1S/C18H21O5PS/c1-3-21-24(20,22-4-2)18(14-9-6-5-7-10-14)15(13-17(19)23-18)16-11-8-12-25-16/h5-12,15H,3-4,13H2,1-2H3. The number of benzene rings is 1. The molecule has 134 valence electrons. The van der Waals surface area contributed by atoms with Gasteiger partial charge in [0, 0.05) is 10.4 Å². The largest absolute Gasteiger partial charge is 0.440 e. The third-order valence-electron chi connectivity index (χ3n) is 4.19. The van der Waals surface area contributed by atoms with E-state index in [0.29, 0.717) is 5.56 Å². The predicted molar refractivity (Wildman–Crippen MR) is 96.7 cm³/mol. The number of carbonyl (C=O) groups is 1. The Bertz CT molecular complexity index is 751. The lowest BCUT2D eigenvalue weighted by Gasteiger charge is -2.38. The minimum Gasteiger partial charge on any atom is -0.440 e. The molecule has 2 unspecified atom stereocenters. The van der Waals surface area contributed by atoms with Crippen molar-refractivity contribution < 1.29 is 23.1 Å². The molecule has 0 radical (unpaired) electrons. The van der Waals surface area contributed by atoms with Crippen LogP contribution in [0.15, 0.2) is 47.8 Å². The van der Waals surface area contributed by atoms with Crippen LogP contribution in [0.5, 0.6) is 0 Å². The molecule has 2 atom stereocenters. The number of cyclic esters (lactones) is 1. The van der Waals surface area contributed by atoms with Crippen LogP contribution in [0.25, 0.3) is 0 Å². The second-order valence-corrected chi connectivity index (χ2v) is 8.80. The summed E-state index contributed by atoms with van der Waals surface area (Å²) in [5.74, 6) is -0.826. The van der Waals surface area contributed by atoms with Crippen molar-refractivity contribution in [3.63, 3.8) is 0 Å². The van der Waals surface area contributed by atoms with Gasteiger partial charge in [0.05, 0.1) is 25.6 Å². The average Bonchev–Trinajstić information content (AvgIpc) is 3.24. The highest BCUT2D eigenvalue weighted by atomic mass is 32.1. The maximum Gasteiger partial charge on any atom is 0.379 e. The zero-order valence-corrected chi connectivity index (χ0v) is 15.9. The Balaban J connectivity index is 2.25. The van der Waals surface area contributed by atoms with Gasteiger partial charge < -0.3 is 13.8 Å². The predicted octanol–water partition coefficient (Wildman–Crippen LogP) is 4.90. The fraction of sp³-hybridized carbons (Fsp3) is 0.389. The molecule has 1 aliphatic heterocycles. The van der Waals surface area contributed by atoms with Gasteiger partial charge >= 0.3 is 13.6 Å². The number of carbonyl (C=O) groups excluding carboxylic acids is 1. The summed E-state index contributed by atoms with van der Waals surface area (Å²) in [5.41, 5.74) is 0.629. The van der Waals surface area contributed by atoms with Crippen LogP contribution in [0.2, 0.25) is 0 Å². The second-order valence-electron chi connectivity index (χ2n) is 5.64. The molecule has 3 rings (SSSR count). The zero-order chi connectivity index (χ0) is 17.9. The maximum atomic E-state index is 13.9. The molecule has 1 fully saturated rings. The number of ether oxygens (including phenoxy) is 1. The highest BCUT2D eigenvalue weighted by Crippen LogP contribution is 2.73. The van der Waals surface area contributed by atoms with E-state index in [1.165, 1.54) is 11.3 Å². The van der Waals surface area contributed by atoms with E-state index in [0.717, 1.165) is 4.88 Å². The lowest BCUT2D eigenvalue weighted by atomic mass is 9.93. The minimum absolute atomic E-state index is 0.138. The highest BCUT2D eigenvalue weighted by Gasteiger charge is 2.65. The molecular weight excluding hydrogens is 359 g/mol. The summed E-state index contributed by atoms with van der Waals surface area (Å²) in [6.07, 6.45) is 0.138. The quantitative estimate of drug-likeness (QED) is 0.505. The van der Waals surface area contributed by atoms with Crippen LogP contribution in [0, 0.1) is 0 Å². The Hall–Kier alpha value is -1.46. The number of thiophene rings is 1. The molecule has 0 N–H and O–H groups in total. The van der Waals surface area contributed by atoms with Crippen LogP contribution in [0.3, 0.4) is 0 Å². The Morgan fingerprint density at radius 1 is 1.16 bits per heavy atom. The van der Waals surface area contributed by atoms with Gasteiger partial charge in [0.15, 0.2) is 0 Å². The molecule has 7 heteroatoms. The van der Waals surface area contributed by atoms with E-state index in [4.69, 9.17) is 13.8 Å². The zero-order valence-electron chi connectivity index (χ0n) is 14.2. The lowest BCUT2D eigenvalue weighted by molar-refractivity contribution is -0.145. The smallest absolute Gasteiger partial charge is 0.379 e. The molecule has 0 amide bonds. The van der Waals surface area contributed by atoms with E-state index < -0.39 is 24.8 Å². The van der Waals surface area contributed by atoms with Crippen molar-refractivity contribution in [1.29, 1.82) is 0 Å². The van der Waals surface area contributed by atoms with E-state index in [9.17, 15) is 9.36 Å². The third kappa shape index (κ3) is 3.08. The molecule has 0 bridgehead atoms. The Labute approximate surface area is 151 Å². The van der Waals surface area contributed by atoms with Gasteiger partial charge in [-0.25, -0.2) is 0 Å². The lowest BCUT2D eigenvalue weighted by Crippen LogP contribution is -2.33. The number of esters is 1. The average molecular weight is 380 g/mol. The number of hydrogen-bond acceptors (Lipinski definition) is 6. The van der Waals surface area contributed by atoms with Crippen LogP contribution < -0.4 is 0 Å². The van der Waals surface area contributed by atoms with Crippen molar-refractivity contribution in [2.75, 3.05) is 13.2 Å². The molecule has 5 nitrogen and oxygen atoms in total. The summed E-state index contributed by atoms with van der Waals surface area (Å²) in [6.45, 7) is 3.89. The number of rotatable bonds is 7. The minimum atomic E-state index is -3.79. The molecular formula is C18H21O5PS. The molecule has 1 saturated heterocycles.